The number of halogens is 3. The average Bonchev–Trinajstić information content (AvgIpc) is 3.26. The lowest BCUT2D eigenvalue weighted by Gasteiger charge is -2.36. The first-order valence-corrected chi connectivity index (χ1v) is 11.0. The van der Waals surface area contributed by atoms with Crippen LogP contribution in [0.15, 0.2) is 24.5 Å². The lowest BCUT2D eigenvalue weighted by atomic mass is 9.77. The molecule has 1 amide bonds. The number of aromatic nitrogens is 2. The minimum atomic E-state index is -4.70. The molecule has 33 heavy (non-hydrogen) atoms. The number of alkyl halides is 3. The lowest BCUT2D eigenvalue weighted by Crippen LogP contribution is -2.43. The summed E-state index contributed by atoms with van der Waals surface area (Å²) in [7, 11) is 0. The number of benzene rings is 1. The third-order valence-electron chi connectivity index (χ3n) is 6.40. The van der Waals surface area contributed by atoms with E-state index in [1.165, 1.54) is 4.90 Å². The molecule has 4 rings (SSSR count). The SMILES string of the molecule is CC(C)(COC(F)(F)F)CN1C[C@@]2(CCC[C@H](Cn3cnc4ccc(C#N)cc43)C2)OC1=O. The number of nitrogens with zero attached hydrogens (tertiary/aromatic N) is 4. The summed E-state index contributed by atoms with van der Waals surface area (Å²) in [5.74, 6) is 0.246. The maximum Gasteiger partial charge on any atom is 0.522 e. The Balaban J connectivity index is 1.42. The van der Waals surface area contributed by atoms with Crippen LogP contribution >= 0.6 is 0 Å². The van der Waals surface area contributed by atoms with Gasteiger partial charge in [0.2, 0.25) is 0 Å². The molecule has 0 N–H and O–H groups in total. The Morgan fingerprint density at radius 3 is 2.88 bits per heavy atom. The molecule has 2 fully saturated rings. The van der Waals surface area contributed by atoms with Crippen LogP contribution in [0.5, 0.6) is 0 Å². The van der Waals surface area contributed by atoms with Gasteiger partial charge in [-0.3, -0.25) is 4.74 Å². The van der Waals surface area contributed by atoms with E-state index in [1.54, 1.807) is 26.2 Å². The minimum Gasteiger partial charge on any atom is -0.441 e. The van der Waals surface area contributed by atoms with Crippen molar-refractivity contribution in [3.63, 3.8) is 0 Å². The Morgan fingerprint density at radius 1 is 1.36 bits per heavy atom. The molecule has 1 aromatic carbocycles. The fraction of sp³-hybridized carbons (Fsp3) is 0.609. The van der Waals surface area contributed by atoms with Gasteiger partial charge in [-0.2, -0.15) is 5.26 Å². The second kappa shape index (κ2) is 8.52. The summed E-state index contributed by atoms with van der Waals surface area (Å²) < 4.78 is 49.2. The van der Waals surface area contributed by atoms with Gasteiger partial charge in [-0.1, -0.05) is 13.8 Å². The number of carbonyl (C=O) groups excluding carboxylic acids is 1. The number of carbonyl (C=O) groups is 1. The normalized spacial score (nSPS) is 23.8. The Bertz CT molecular complexity index is 1080. The minimum absolute atomic E-state index is 0.122. The highest BCUT2D eigenvalue weighted by Gasteiger charge is 2.49. The molecule has 2 aliphatic rings. The van der Waals surface area contributed by atoms with Crippen LogP contribution in [0, 0.1) is 22.7 Å². The van der Waals surface area contributed by atoms with E-state index in [4.69, 9.17) is 4.74 Å². The molecule has 1 aliphatic carbocycles. The van der Waals surface area contributed by atoms with Gasteiger partial charge in [0.1, 0.15) is 5.60 Å². The Morgan fingerprint density at radius 2 is 2.15 bits per heavy atom. The van der Waals surface area contributed by atoms with Crippen LogP contribution in [-0.4, -0.2) is 52.2 Å². The number of hydrogen-bond donors (Lipinski definition) is 0. The van der Waals surface area contributed by atoms with Crippen molar-refractivity contribution >= 4 is 17.1 Å². The standard InChI is InChI=1S/C23H27F3N4O3/c1-21(2,14-32-23(24,25)26)12-30-13-22(33-20(30)31)7-3-4-17(9-22)11-29-15-28-18-6-5-16(10-27)8-19(18)29/h5-6,8,15,17H,3-4,7,9,11-14H2,1-2H3/t17-,22-/m0/s1. The van der Waals surface area contributed by atoms with Crippen LogP contribution in [-0.2, 0) is 16.0 Å². The number of fused-ring (bicyclic) bond motifs is 1. The van der Waals surface area contributed by atoms with E-state index in [0.29, 0.717) is 25.1 Å². The van der Waals surface area contributed by atoms with E-state index in [1.807, 2.05) is 16.7 Å². The summed E-state index contributed by atoms with van der Waals surface area (Å²) in [6.45, 7) is 3.92. The van der Waals surface area contributed by atoms with Crippen LogP contribution in [0.1, 0.15) is 45.1 Å². The van der Waals surface area contributed by atoms with Crippen molar-refractivity contribution < 1.29 is 27.4 Å². The first kappa shape index (κ1) is 23.4. The molecule has 0 bridgehead atoms. The summed E-state index contributed by atoms with van der Waals surface area (Å²) in [6, 6.07) is 7.54. The van der Waals surface area contributed by atoms with E-state index in [9.17, 15) is 23.2 Å². The van der Waals surface area contributed by atoms with E-state index in [0.717, 1.165) is 30.3 Å². The van der Waals surface area contributed by atoms with E-state index in [2.05, 4.69) is 15.8 Å². The largest absolute Gasteiger partial charge is 0.522 e. The maximum absolute atomic E-state index is 12.6. The van der Waals surface area contributed by atoms with Gasteiger partial charge in [-0.05, 0) is 49.8 Å². The number of nitriles is 1. The fourth-order valence-corrected chi connectivity index (χ4v) is 5.04. The number of hydrogen-bond acceptors (Lipinski definition) is 5. The Hall–Kier alpha value is -2.80. The molecule has 2 aromatic rings. The molecule has 1 saturated heterocycles. The molecule has 0 unspecified atom stereocenters. The molecule has 0 radical (unpaired) electrons. The number of amides is 1. The fourth-order valence-electron chi connectivity index (χ4n) is 5.04. The number of ether oxygens (including phenoxy) is 2. The van der Waals surface area contributed by atoms with Gasteiger partial charge >= 0.3 is 12.5 Å². The molecule has 2 atom stereocenters. The summed E-state index contributed by atoms with van der Waals surface area (Å²) in [5.41, 5.74) is 0.783. The second-order valence-corrected chi connectivity index (χ2v) is 9.98. The summed E-state index contributed by atoms with van der Waals surface area (Å²) >= 11 is 0. The van der Waals surface area contributed by atoms with Crippen molar-refractivity contribution in [2.45, 2.75) is 58.0 Å². The highest BCUT2D eigenvalue weighted by Crippen LogP contribution is 2.41. The zero-order valence-electron chi connectivity index (χ0n) is 18.7. The third-order valence-corrected chi connectivity index (χ3v) is 6.40. The van der Waals surface area contributed by atoms with E-state index in [-0.39, 0.29) is 12.5 Å². The predicted octanol–water partition coefficient (Wildman–Crippen LogP) is 4.85. The monoisotopic (exact) mass is 464 g/mol. The van der Waals surface area contributed by atoms with Crippen molar-refractivity contribution in [2.75, 3.05) is 19.7 Å². The molecule has 7 nitrogen and oxygen atoms in total. The molecule has 1 aromatic heterocycles. The molecule has 10 heteroatoms. The average molecular weight is 464 g/mol. The Labute approximate surface area is 190 Å². The van der Waals surface area contributed by atoms with Crippen LogP contribution in [0.4, 0.5) is 18.0 Å². The summed E-state index contributed by atoms with van der Waals surface area (Å²) in [5, 5.41) is 9.19. The van der Waals surface area contributed by atoms with Gasteiger partial charge < -0.3 is 14.2 Å². The first-order chi connectivity index (χ1) is 15.5. The van der Waals surface area contributed by atoms with Gasteiger partial charge in [0, 0.05) is 18.5 Å². The van der Waals surface area contributed by atoms with Gasteiger partial charge in [0.25, 0.3) is 0 Å². The third kappa shape index (κ3) is 5.41. The van der Waals surface area contributed by atoms with Crippen molar-refractivity contribution in [2.24, 2.45) is 11.3 Å². The molecule has 178 valence electrons. The smallest absolute Gasteiger partial charge is 0.441 e. The zero-order chi connectivity index (χ0) is 23.9. The molecule has 1 spiro atoms. The van der Waals surface area contributed by atoms with Crippen molar-refractivity contribution in [1.82, 2.24) is 14.5 Å². The van der Waals surface area contributed by atoms with Gasteiger partial charge in [-0.25, -0.2) is 9.78 Å². The van der Waals surface area contributed by atoms with E-state index < -0.39 is 30.1 Å². The molecule has 1 saturated carbocycles. The van der Waals surface area contributed by atoms with Crippen LogP contribution in [0.2, 0.25) is 0 Å². The summed E-state index contributed by atoms with van der Waals surface area (Å²) in [4.78, 5) is 18.5. The Kier molecular flexibility index (Phi) is 6.03. The molecular weight excluding hydrogens is 437 g/mol. The van der Waals surface area contributed by atoms with E-state index >= 15 is 0 Å². The van der Waals surface area contributed by atoms with Crippen LogP contribution < -0.4 is 0 Å². The lowest BCUT2D eigenvalue weighted by molar-refractivity contribution is -0.332. The van der Waals surface area contributed by atoms with Gasteiger partial charge in [0.05, 0.1) is 42.1 Å². The zero-order valence-corrected chi connectivity index (χ0v) is 18.7. The van der Waals surface area contributed by atoms with Gasteiger partial charge in [0.15, 0.2) is 0 Å². The van der Waals surface area contributed by atoms with Crippen molar-refractivity contribution in [1.29, 1.82) is 5.26 Å². The molecule has 1 aliphatic heterocycles. The van der Waals surface area contributed by atoms with Crippen LogP contribution in [0.25, 0.3) is 11.0 Å². The number of imidazole rings is 1. The predicted molar refractivity (Wildman–Crippen MR) is 113 cm³/mol. The molecule has 2 heterocycles. The van der Waals surface area contributed by atoms with Gasteiger partial charge in [-0.15, -0.1) is 13.2 Å². The van der Waals surface area contributed by atoms with Crippen molar-refractivity contribution in [3.05, 3.63) is 30.1 Å². The number of rotatable bonds is 6. The molecular formula is C23H27F3N4O3. The second-order valence-electron chi connectivity index (χ2n) is 9.98. The quantitative estimate of drug-likeness (QED) is 0.611. The maximum atomic E-state index is 12.6. The van der Waals surface area contributed by atoms with Crippen molar-refractivity contribution in [3.8, 4) is 6.07 Å². The highest BCUT2D eigenvalue weighted by atomic mass is 19.4. The summed E-state index contributed by atoms with van der Waals surface area (Å²) in [6.07, 6.45) is -0.150. The first-order valence-electron chi connectivity index (χ1n) is 11.0. The topological polar surface area (TPSA) is 80.4 Å². The highest BCUT2D eigenvalue weighted by molar-refractivity contribution is 5.77. The van der Waals surface area contributed by atoms with Crippen LogP contribution in [0.3, 0.4) is 0 Å².